The van der Waals surface area contributed by atoms with Gasteiger partial charge < -0.3 is 5.32 Å². The van der Waals surface area contributed by atoms with Gasteiger partial charge >= 0.3 is 0 Å². The van der Waals surface area contributed by atoms with Crippen molar-refractivity contribution in [2.24, 2.45) is 11.8 Å². The van der Waals surface area contributed by atoms with Gasteiger partial charge in [0.15, 0.2) is 6.33 Å². The number of nitrogens with zero attached hydrogens (tertiary/aromatic N) is 4. The lowest BCUT2D eigenvalue weighted by atomic mass is 9.50. The van der Waals surface area contributed by atoms with Crippen LogP contribution in [0, 0.1) is 11.8 Å². The minimum Gasteiger partial charge on any atom is -0.351 e. The minimum absolute atomic E-state index is 0.0974. The largest absolute Gasteiger partial charge is 0.351 e. The van der Waals surface area contributed by atoms with Crippen LogP contribution in [0.3, 0.4) is 0 Å². The zero-order chi connectivity index (χ0) is 17.7. The van der Waals surface area contributed by atoms with Gasteiger partial charge in [0, 0.05) is 18.5 Å². The number of aromatic nitrogens is 4. The van der Waals surface area contributed by atoms with Crippen LogP contribution in [0.15, 0.2) is 6.33 Å². The summed E-state index contributed by atoms with van der Waals surface area (Å²) in [5, 5.41) is 15.6. The third-order valence-corrected chi connectivity index (χ3v) is 6.65. The van der Waals surface area contributed by atoms with Gasteiger partial charge in [0.05, 0.1) is 11.8 Å². The maximum Gasteiger partial charge on any atom is 0.221 e. The Morgan fingerprint density at radius 3 is 2.60 bits per heavy atom. The van der Waals surface area contributed by atoms with Crippen molar-refractivity contribution in [3.63, 3.8) is 0 Å². The summed E-state index contributed by atoms with van der Waals surface area (Å²) in [6, 6.07) is 0. The van der Waals surface area contributed by atoms with E-state index in [0.29, 0.717) is 11.8 Å². The zero-order valence-electron chi connectivity index (χ0n) is 14.3. The van der Waals surface area contributed by atoms with Crippen LogP contribution in [0.2, 0.25) is 0 Å². The van der Waals surface area contributed by atoms with Gasteiger partial charge in [-0.3, -0.25) is 4.79 Å². The Hall–Kier alpha value is -1.55. The van der Waals surface area contributed by atoms with Crippen molar-refractivity contribution in [3.05, 3.63) is 6.33 Å². The molecule has 25 heavy (non-hydrogen) atoms. The molecule has 9 nitrogen and oxygen atoms in total. The maximum atomic E-state index is 12.4. The monoisotopic (exact) mass is 368 g/mol. The van der Waals surface area contributed by atoms with Gasteiger partial charge in [-0.25, -0.2) is 13.1 Å². The molecule has 4 saturated carbocycles. The van der Waals surface area contributed by atoms with E-state index in [9.17, 15) is 13.2 Å². The number of nitrogens with one attached hydrogen (secondary N) is 2. The van der Waals surface area contributed by atoms with Crippen LogP contribution in [0.25, 0.3) is 0 Å². The van der Waals surface area contributed by atoms with Gasteiger partial charge in [-0.1, -0.05) is 0 Å². The quantitative estimate of drug-likeness (QED) is 0.716. The summed E-state index contributed by atoms with van der Waals surface area (Å²) in [4.78, 5) is 14.2. The molecule has 1 aromatic rings. The molecule has 1 aromatic heterocycles. The van der Waals surface area contributed by atoms with Crippen LogP contribution in [0.1, 0.15) is 44.9 Å². The summed E-state index contributed by atoms with van der Waals surface area (Å²) in [6.45, 7) is 0.128. The minimum atomic E-state index is -3.27. The Balaban J connectivity index is 1.47. The molecule has 0 aliphatic heterocycles. The fourth-order valence-corrected chi connectivity index (χ4v) is 6.16. The second-order valence-electron chi connectivity index (χ2n) is 8.16. The average molecular weight is 368 g/mol. The van der Waals surface area contributed by atoms with Crippen molar-refractivity contribution in [2.45, 2.75) is 56.0 Å². The van der Waals surface area contributed by atoms with Crippen molar-refractivity contribution in [3.8, 4) is 0 Å². The van der Waals surface area contributed by atoms with Crippen molar-refractivity contribution in [1.29, 1.82) is 0 Å². The number of hydrogen-bond acceptors (Lipinski definition) is 6. The van der Waals surface area contributed by atoms with E-state index in [-0.39, 0.29) is 30.0 Å². The molecule has 0 radical (unpaired) electrons. The number of amides is 1. The second-order valence-corrected chi connectivity index (χ2v) is 9.99. The molecule has 1 amide bonds. The summed E-state index contributed by atoms with van der Waals surface area (Å²) in [5.41, 5.74) is -0.362. The van der Waals surface area contributed by atoms with Crippen LogP contribution >= 0.6 is 0 Å². The molecular weight excluding hydrogens is 344 g/mol. The molecule has 0 saturated heterocycles. The fraction of sp³-hybridized carbons (Fsp3) is 0.867. The SMILES string of the molecule is CS(=O)(=O)NCCC(=O)NC12C[C@H]3C[C@@H](C1)CC(n1ncnn1)(C3)C2. The number of rotatable bonds is 6. The molecule has 4 bridgehead atoms. The molecule has 10 heteroatoms. The highest BCUT2D eigenvalue weighted by Crippen LogP contribution is 2.60. The van der Waals surface area contributed by atoms with Crippen LogP contribution in [0.5, 0.6) is 0 Å². The number of tetrazole rings is 1. The van der Waals surface area contributed by atoms with E-state index in [1.165, 1.54) is 12.7 Å². The predicted molar refractivity (Wildman–Crippen MR) is 88.8 cm³/mol. The Morgan fingerprint density at radius 2 is 2.00 bits per heavy atom. The summed E-state index contributed by atoms with van der Waals surface area (Å²) < 4.78 is 24.6. The van der Waals surface area contributed by atoms with E-state index in [4.69, 9.17) is 0 Å². The number of carbonyl (C=O) groups is 1. The summed E-state index contributed by atoms with van der Waals surface area (Å²) in [6.07, 6.45) is 8.84. The van der Waals surface area contributed by atoms with Gasteiger partial charge in [-0.05, 0) is 55.6 Å². The summed E-state index contributed by atoms with van der Waals surface area (Å²) in [5.74, 6) is 1.04. The first-order chi connectivity index (χ1) is 11.8. The van der Waals surface area contributed by atoms with Crippen molar-refractivity contribution in [1.82, 2.24) is 30.2 Å². The first-order valence-electron chi connectivity index (χ1n) is 8.77. The molecule has 2 N–H and O–H groups in total. The molecule has 4 atom stereocenters. The Labute approximate surface area is 147 Å². The maximum absolute atomic E-state index is 12.4. The van der Waals surface area contributed by atoms with Crippen LogP contribution in [-0.4, -0.2) is 52.9 Å². The molecule has 1 heterocycles. The summed E-state index contributed by atoms with van der Waals surface area (Å²) in [7, 11) is -3.27. The molecule has 4 aliphatic rings. The van der Waals surface area contributed by atoms with Gasteiger partial charge in [-0.15, -0.1) is 10.2 Å². The highest BCUT2D eigenvalue weighted by atomic mass is 32.2. The topological polar surface area (TPSA) is 119 Å². The first kappa shape index (κ1) is 16.9. The summed E-state index contributed by atoms with van der Waals surface area (Å²) >= 11 is 0. The smallest absolute Gasteiger partial charge is 0.221 e. The van der Waals surface area contributed by atoms with E-state index in [1.54, 1.807) is 4.80 Å². The predicted octanol–water partition coefficient (Wildman–Crippen LogP) is -0.223. The van der Waals surface area contributed by atoms with E-state index in [2.05, 4.69) is 25.4 Å². The molecule has 2 unspecified atom stereocenters. The molecular formula is C15H24N6O3S. The highest BCUT2D eigenvalue weighted by Gasteiger charge is 2.60. The number of sulfonamides is 1. The van der Waals surface area contributed by atoms with Crippen molar-refractivity contribution < 1.29 is 13.2 Å². The van der Waals surface area contributed by atoms with Gasteiger partial charge in [-0.2, -0.15) is 4.80 Å². The van der Waals surface area contributed by atoms with Gasteiger partial charge in [0.2, 0.25) is 15.9 Å². The van der Waals surface area contributed by atoms with Crippen molar-refractivity contribution >= 4 is 15.9 Å². The van der Waals surface area contributed by atoms with E-state index in [0.717, 1.165) is 38.4 Å². The normalized spacial score (nSPS) is 36.5. The van der Waals surface area contributed by atoms with E-state index in [1.807, 2.05) is 0 Å². The number of carbonyl (C=O) groups excluding carboxylic acids is 1. The highest BCUT2D eigenvalue weighted by molar-refractivity contribution is 7.88. The van der Waals surface area contributed by atoms with Crippen LogP contribution in [0.4, 0.5) is 0 Å². The molecule has 4 aliphatic carbocycles. The van der Waals surface area contributed by atoms with Crippen LogP contribution in [-0.2, 0) is 20.4 Å². The average Bonchev–Trinajstić information content (AvgIpc) is 2.98. The molecule has 4 fully saturated rings. The number of hydrogen-bond donors (Lipinski definition) is 2. The van der Waals surface area contributed by atoms with Gasteiger partial charge in [0.25, 0.3) is 0 Å². The van der Waals surface area contributed by atoms with E-state index >= 15 is 0 Å². The Kier molecular flexibility index (Phi) is 3.87. The van der Waals surface area contributed by atoms with Crippen molar-refractivity contribution in [2.75, 3.05) is 12.8 Å². The molecule has 0 aromatic carbocycles. The van der Waals surface area contributed by atoms with E-state index < -0.39 is 10.0 Å². The first-order valence-corrected chi connectivity index (χ1v) is 10.7. The Bertz CT molecular complexity index is 748. The Morgan fingerprint density at radius 1 is 1.28 bits per heavy atom. The van der Waals surface area contributed by atoms with Gasteiger partial charge in [0.1, 0.15) is 0 Å². The lowest BCUT2D eigenvalue weighted by Gasteiger charge is -2.61. The molecule has 5 rings (SSSR count). The third kappa shape index (κ3) is 3.29. The fourth-order valence-electron chi connectivity index (χ4n) is 5.69. The molecule has 0 spiro atoms. The standard InChI is InChI=1S/C15H24N6O3S/c1-25(23,24)18-3-2-13(22)19-14-5-11-4-12(6-14)8-15(7-11,9-14)21-17-10-16-20-21/h10-12,18H,2-9H2,1H3,(H,19,22)/t11-,12+,14?,15?. The lowest BCUT2D eigenvalue weighted by molar-refractivity contribution is -0.131. The molecule has 138 valence electrons. The third-order valence-electron chi connectivity index (χ3n) is 5.92. The zero-order valence-corrected chi connectivity index (χ0v) is 15.1. The van der Waals surface area contributed by atoms with Crippen LogP contribution < -0.4 is 10.0 Å². The second kappa shape index (κ2) is 5.73. The lowest BCUT2D eigenvalue weighted by Crippen LogP contribution is -2.66.